The van der Waals surface area contributed by atoms with Gasteiger partial charge in [0.1, 0.15) is 11.5 Å². The van der Waals surface area contributed by atoms with Gasteiger partial charge in [-0.1, -0.05) is 12.1 Å². The van der Waals surface area contributed by atoms with Crippen molar-refractivity contribution in [2.75, 3.05) is 26.1 Å². The molecule has 0 aliphatic carbocycles. The monoisotopic (exact) mass is 364 g/mol. The molecule has 5 nitrogen and oxygen atoms in total. The van der Waals surface area contributed by atoms with Gasteiger partial charge in [0.2, 0.25) is 0 Å². The molecule has 140 valence electrons. The zero-order valence-corrected chi connectivity index (χ0v) is 15.9. The summed E-state index contributed by atoms with van der Waals surface area (Å²) in [5.74, 6) is 1.43. The van der Waals surface area contributed by atoms with E-state index in [4.69, 9.17) is 9.15 Å². The summed E-state index contributed by atoms with van der Waals surface area (Å²) in [7, 11) is 5.62. The van der Waals surface area contributed by atoms with Crippen LogP contribution in [0.3, 0.4) is 0 Å². The van der Waals surface area contributed by atoms with E-state index in [1.54, 1.807) is 42.5 Å². The molecule has 1 aromatic heterocycles. The highest BCUT2D eigenvalue weighted by Gasteiger charge is 2.18. The Kier molecular flexibility index (Phi) is 5.81. The van der Waals surface area contributed by atoms with Gasteiger partial charge < -0.3 is 19.0 Å². The first-order chi connectivity index (χ1) is 13.1. The molecule has 0 fully saturated rings. The average molecular weight is 364 g/mol. The number of anilines is 1. The summed E-state index contributed by atoms with van der Waals surface area (Å²) >= 11 is 0. The second kappa shape index (κ2) is 8.45. The van der Waals surface area contributed by atoms with Crippen LogP contribution >= 0.6 is 0 Å². The van der Waals surface area contributed by atoms with Crippen LogP contribution in [0.25, 0.3) is 0 Å². The standard InChI is InChI=1S/C22H24N2O3/c1-23(2)19-10-6-17(7-11-19)15-24(16-21-5-4-14-27-21)22(25)18-8-12-20(26-3)13-9-18/h4-14H,15-16H2,1-3H3. The molecule has 0 N–H and O–H groups in total. The van der Waals surface area contributed by atoms with Gasteiger partial charge in [-0.05, 0) is 54.1 Å². The van der Waals surface area contributed by atoms with E-state index in [0.717, 1.165) is 22.8 Å². The van der Waals surface area contributed by atoms with Crippen molar-refractivity contribution in [3.05, 3.63) is 83.8 Å². The first-order valence-corrected chi connectivity index (χ1v) is 8.79. The summed E-state index contributed by atoms with van der Waals surface area (Å²) < 4.78 is 10.6. The van der Waals surface area contributed by atoms with Crippen LogP contribution in [-0.2, 0) is 13.1 Å². The fourth-order valence-corrected chi connectivity index (χ4v) is 2.83. The summed E-state index contributed by atoms with van der Waals surface area (Å²) in [6.07, 6.45) is 1.62. The maximum Gasteiger partial charge on any atom is 0.254 e. The van der Waals surface area contributed by atoms with Gasteiger partial charge in [0.15, 0.2) is 0 Å². The van der Waals surface area contributed by atoms with Crippen molar-refractivity contribution in [1.29, 1.82) is 0 Å². The second-order valence-electron chi connectivity index (χ2n) is 6.53. The van der Waals surface area contributed by atoms with E-state index in [1.165, 1.54) is 0 Å². The van der Waals surface area contributed by atoms with Crippen LogP contribution in [0.5, 0.6) is 5.75 Å². The smallest absolute Gasteiger partial charge is 0.254 e. The number of hydrogen-bond acceptors (Lipinski definition) is 4. The molecule has 0 radical (unpaired) electrons. The lowest BCUT2D eigenvalue weighted by Gasteiger charge is -2.22. The molecule has 0 atom stereocenters. The van der Waals surface area contributed by atoms with Crippen molar-refractivity contribution >= 4 is 11.6 Å². The van der Waals surface area contributed by atoms with E-state index < -0.39 is 0 Å². The lowest BCUT2D eigenvalue weighted by molar-refractivity contribution is 0.0717. The van der Waals surface area contributed by atoms with Crippen molar-refractivity contribution in [2.45, 2.75) is 13.1 Å². The summed E-state index contributed by atoms with van der Waals surface area (Å²) in [4.78, 5) is 16.9. The molecule has 5 heteroatoms. The third-order valence-corrected chi connectivity index (χ3v) is 4.38. The topological polar surface area (TPSA) is 45.9 Å². The number of carbonyl (C=O) groups is 1. The van der Waals surface area contributed by atoms with Gasteiger partial charge in [-0.15, -0.1) is 0 Å². The summed E-state index contributed by atoms with van der Waals surface area (Å²) in [5.41, 5.74) is 2.80. The van der Waals surface area contributed by atoms with Crippen LogP contribution in [0.2, 0.25) is 0 Å². The van der Waals surface area contributed by atoms with Gasteiger partial charge in [0.25, 0.3) is 5.91 Å². The lowest BCUT2D eigenvalue weighted by atomic mass is 10.1. The Morgan fingerprint density at radius 1 is 0.963 bits per heavy atom. The normalized spacial score (nSPS) is 10.5. The van der Waals surface area contributed by atoms with Crippen molar-refractivity contribution in [3.63, 3.8) is 0 Å². The van der Waals surface area contributed by atoms with Crippen LogP contribution in [0.4, 0.5) is 5.69 Å². The molecule has 3 rings (SSSR count). The van der Waals surface area contributed by atoms with Crippen molar-refractivity contribution in [3.8, 4) is 5.75 Å². The molecule has 0 bridgehead atoms. The second-order valence-corrected chi connectivity index (χ2v) is 6.53. The minimum absolute atomic E-state index is 0.0502. The minimum atomic E-state index is -0.0502. The molecule has 27 heavy (non-hydrogen) atoms. The molecule has 3 aromatic rings. The number of hydrogen-bond donors (Lipinski definition) is 0. The van der Waals surface area contributed by atoms with Gasteiger partial charge in [-0.2, -0.15) is 0 Å². The Morgan fingerprint density at radius 2 is 1.67 bits per heavy atom. The summed E-state index contributed by atoms with van der Waals surface area (Å²) in [5, 5.41) is 0. The zero-order chi connectivity index (χ0) is 19.2. The fraction of sp³-hybridized carbons (Fsp3) is 0.227. The van der Waals surface area contributed by atoms with E-state index in [0.29, 0.717) is 18.7 Å². The minimum Gasteiger partial charge on any atom is -0.497 e. The number of amides is 1. The first-order valence-electron chi connectivity index (χ1n) is 8.79. The Labute approximate surface area is 159 Å². The lowest BCUT2D eigenvalue weighted by Crippen LogP contribution is -2.30. The molecule has 0 saturated carbocycles. The number of benzene rings is 2. The molecular formula is C22H24N2O3. The molecule has 0 aliphatic heterocycles. The maximum atomic E-state index is 13.1. The Balaban J connectivity index is 1.82. The van der Waals surface area contributed by atoms with Crippen LogP contribution in [0.1, 0.15) is 21.7 Å². The Hall–Kier alpha value is -3.21. The van der Waals surface area contributed by atoms with E-state index in [-0.39, 0.29) is 5.91 Å². The number of carbonyl (C=O) groups excluding carboxylic acids is 1. The highest BCUT2D eigenvalue weighted by atomic mass is 16.5. The summed E-state index contributed by atoms with van der Waals surface area (Å²) in [6.45, 7) is 0.909. The van der Waals surface area contributed by atoms with E-state index >= 15 is 0 Å². The van der Waals surface area contributed by atoms with Gasteiger partial charge in [-0.25, -0.2) is 0 Å². The quantitative estimate of drug-likeness (QED) is 0.630. The molecule has 1 amide bonds. The van der Waals surface area contributed by atoms with E-state index in [9.17, 15) is 4.79 Å². The van der Waals surface area contributed by atoms with Crippen molar-refractivity contribution in [2.24, 2.45) is 0 Å². The number of rotatable bonds is 7. The van der Waals surface area contributed by atoms with E-state index in [1.807, 2.05) is 43.3 Å². The highest BCUT2D eigenvalue weighted by Crippen LogP contribution is 2.19. The predicted molar refractivity (Wildman–Crippen MR) is 106 cm³/mol. The molecule has 1 heterocycles. The zero-order valence-electron chi connectivity index (χ0n) is 15.9. The van der Waals surface area contributed by atoms with Crippen LogP contribution < -0.4 is 9.64 Å². The molecule has 2 aromatic carbocycles. The molecule has 0 unspecified atom stereocenters. The fourth-order valence-electron chi connectivity index (χ4n) is 2.83. The summed E-state index contributed by atoms with van der Waals surface area (Å²) in [6, 6.07) is 19.1. The average Bonchev–Trinajstić information content (AvgIpc) is 3.20. The van der Waals surface area contributed by atoms with E-state index in [2.05, 4.69) is 12.1 Å². The molecule has 0 aliphatic rings. The number of furan rings is 1. The first kappa shape index (κ1) is 18.6. The van der Waals surface area contributed by atoms with Crippen molar-refractivity contribution < 1.29 is 13.9 Å². The van der Waals surface area contributed by atoms with Crippen molar-refractivity contribution in [1.82, 2.24) is 4.90 Å². The number of nitrogens with zero attached hydrogens (tertiary/aromatic N) is 2. The number of ether oxygens (including phenoxy) is 1. The Morgan fingerprint density at radius 3 is 2.22 bits per heavy atom. The predicted octanol–water partition coefficient (Wildman–Crippen LogP) is 4.20. The van der Waals surface area contributed by atoms with Gasteiger partial charge in [0.05, 0.1) is 19.9 Å². The third-order valence-electron chi connectivity index (χ3n) is 4.38. The molecule has 0 spiro atoms. The van der Waals surface area contributed by atoms with Gasteiger partial charge in [0, 0.05) is 31.9 Å². The van der Waals surface area contributed by atoms with Gasteiger partial charge >= 0.3 is 0 Å². The Bertz CT molecular complexity index is 854. The molecular weight excluding hydrogens is 340 g/mol. The SMILES string of the molecule is COc1ccc(C(=O)N(Cc2ccc(N(C)C)cc2)Cc2ccco2)cc1. The third kappa shape index (κ3) is 4.70. The van der Waals surface area contributed by atoms with Crippen LogP contribution in [0.15, 0.2) is 71.3 Å². The van der Waals surface area contributed by atoms with Gasteiger partial charge in [-0.3, -0.25) is 4.79 Å². The largest absolute Gasteiger partial charge is 0.497 e. The highest BCUT2D eigenvalue weighted by molar-refractivity contribution is 5.94. The van der Waals surface area contributed by atoms with Crippen LogP contribution in [-0.4, -0.2) is 32.0 Å². The number of methoxy groups -OCH3 is 1. The maximum absolute atomic E-state index is 13.1. The van der Waals surface area contributed by atoms with Crippen LogP contribution in [0, 0.1) is 0 Å². The molecule has 0 saturated heterocycles.